The number of rotatable bonds is 6. The fraction of sp³-hybridized carbons (Fsp3) is 0.519. The Labute approximate surface area is 179 Å². The Kier molecular flexibility index (Phi) is 6.52. The van der Waals surface area contributed by atoms with Crippen molar-refractivity contribution < 1.29 is 8.78 Å². The topological polar surface area (TPSA) is 23.8 Å². The predicted molar refractivity (Wildman–Crippen MR) is 117 cm³/mol. The molecule has 0 heterocycles. The lowest BCUT2D eigenvalue weighted by Gasteiger charge is -2.41. The fourth-order valence-corrected chi connectivity index (χ4v) is 5.78. The monoisotopic (exact) mass is 407 g/mol. The molecule has 1 nitrogen and oxygen atoms in total. The predicted octanol–water partition coefficient (Wildman–Crippen LogP) is 7.92. The van der Waals surface area contributed by atoms with Crippen molar-refractivity contribution in [2.75, 3.05) is 0 Å². The van der Waals surface area contributed by atoms with Crippen LogP contribution in [0, 0.1) is 34.8 Å². The van der Waals surface area contributed by atoms with Gasteiger partial charge in [-0.15, -0.1) is 0 Å². The van der Waals surface area contributed by atoms with Crippen LogP contribution in [-0.4, -0.2) is 0 Å². The van der Waals surface area contributed by atoms with Crippen molar-refractivity contribution in [2.24, 2.45) is 11.8 Å². The number of halogens is 2. The minimum Gasteiger partial charge on any atom is -0.206 e. The van der Waals surface area contributed by atoms with Crippen LogP contribution in [0.4, 0.5) is 8.78 Å². The molecule has 4 rings (SSSR count). The first kappa shape index (κ1) is 21.0. The summed E-state index contributed by atoms with van der Waals surface area (Å²) < 4.78 is 30.5. The molecule has 0 radical (unpaired) electrons. The Morgan fingerprint density at radius 3 is 2.57 bits per heavy atom. The molecule has 1 fully saturated rings. The Balaban J connectivity index is 1.54. The summed E-state index contributed by atoms with van der Waals surface area (Å²) in [4.78, 5) is 0. The van der Waals surface area contributed by atoms with E-state index in [4.69, 9.17) is 5.26 Å². The average Bonchev–Trinajstić information content (AvgIpc) is 2.77. The molecule has 158 valence electrons. The zero-order valence-electron chi connectivity index (χ0n) is 17.9. The zero-order valence-corrected chi connectivity index (χ0v) is 17.9. The molecule has 0 bridgehead atoms. The van der Waals surface area contributed by atoms with Crippen LogP contribution < -0.4 is 0 Å². The minimum atomic E-state index is -0.474. The summed E-state index contributed by atoms with van der Waals surface area (Å²) in [5, 5.41) is 8.97. The summed E-state index contributed by atoms with van der Waals surface area (Å²) in [7, 11) is 0. The van der Waals surface area contributed by atoms with Crippen LogP contribution in [-0.2, 0) is 6.42 Å². The fourth-order valence-electron chi connectivity index (χ4n) is 5.78. The van der Waals surface area contributed by atoms with Crippen molar-refractivity contribution >= 4 is 0 Å². The number of nitrogens with zero attached hydrogens (tertiary/aromatic N) is 1. The van der Waals surface area contributed by atoms with Crippen molar-refractivity contribution in [3.8, 4) is 17.2 Å². The lowest BCUT2D eigenvalue weighted by Crippen LogP contribution is -2.29. The van der Waals surface area contributed by atoms with Gasteiger partial charge in [0.05, 0.1) is 17.2 Å². The average molecular weight is 408 g/mol. The Bertz CT molecular complexity index is 925. The molecule has 3 atom stereocenters. The van der Waals surface area contributed by atoms with Crippen molar-refractivity contribution in [1.82, 2.24) is 0 Å². The standard InChI is InChI=1S/C27H31F2N/c1-2-3-4-5-6-18-9-13-22-21(15-18)12-14-23-24(22)16-25(28)26(27(23)29)20-10-7-19(17-30)8-11-20/h7-8,10-11,16,18,21-22H,2-6,9,12-15H2,1H3/t18-,21+,22+/m1/s1. The highest BCUT2D eigenvalue weighted by Crippen LogP contribution is 2.49. The maximum atomic E-state index is 15.5. The molecule has 0 spiro atoms. The van der Waals surface area contributed by atoms with E-state index in [-0.39, 0.29) is 5.56 Å². The second-order valence-electron chi connectivity index (χ2n) is 9.24. The Hall–Kier alpha value is -2.21. The van der Waals surface area contributed by atoms with Crippen LogP contribution in [0.1, 0.15) is 87.3 Å². The van der Waals surface area contributed by atoms with E-state index in [1.165, 1.54) is 44.9 Å². The van der Waals surface area contributed by atoms with E-state index in [2.05, 4.69) is 13.0 Å². The van der Waals surface area contributed by atoms with Crippen molar-refractivity contribution in [2.45, 2.75) is 77.0 Å². The molecule has 0 aliphatic heterocycles. The van der Waals surface area contributed by atoms with Gasteiger partial charge >= 0.3 is 0 Å². The third kappa shape index (κ3) is 4.15. The van der Waals surface area contributed by atoms with Crippen LogP contribution in [0.25, 0.3) is 11.1 Å². The third-order valence-corrected chi connectivity index (χ3v) is 7.38. The van der Waals surface area contributed by atoms with Crippen molar-refractivity contribution in [3.05, 3.63) is 58.7 Å². The van der Waals surface area contributed by atoms with Crippen molar-refractivity contribution in [3.63, 3.8) is 0 Å². The smallest absolute Gasteiger partial charge is 0.137 e. The van der Waals surface area contributed by atoms with Crippen LogP contribution in [0.2, 0.25) is 0 Å². The minimum absolute atomic E-state index is 0.0568. The first-order valence-electron chi connectivity index (χ1n) is 11.6. The molecule has 2 aliphatic rings. The van der Waals surface area contributed by atoms with E-state index in [0.29, 0.717) is 29.4 Å². The van der Waals surface area contributed by atoms with E-state index in [9.17, 15) is 0 Å². The number of hydrogen-bond donors (Lipinski definition) is 0. The van der Waals surface area contributed by atoms with E-state index in [0.717, 1.165) is 29.9 Å². The zero-order chi connectivity index (χ0) is 21.1. The lowest BCUT2D eigenvalue weighted by molar-refractivity contribution is 0.197. The molecule has 30 heavy (non-hydrogen) atoms. The molecule has 2 aromatic rings. The number of hydrogen-bond acceptors (Lipinski definition) is 1. The van der Waals surface area contributed by atoms with Gasteiger partial charge in [-0.1, -0.05) is 51.2 Å². The van der Waals surface area contributed by atoms with Gasteiger partial charge in [-0.05, 0) is 84.7 Å². The number of fused-ring (bicyclic) bond motifs is 3. The van der Waals surface area contributed by atoms with Crippen LogP contribution in [0.3, 0.4) is 0 Å². The summed E-state index contributed by atoms with van der Waals surface area (Å²) in [5.41, 5.74) is 2.69. The molecule has 0 N–H and O–H groups in total. The summed E-state index contributed by atoms with van der Waals surface area (Å²) in [5.74, 6) is 0.798. The van der Waals surface area contributed by atoms with Gasteiger partial charge in [-0.3, -0.25) is 0 Å². The van der Waals surface area contributed by atoms with Gasteiger partial charge in [0.15, 0.2) is 0 Å². The molecule has 2 aromatic carbocycles. The van der Waals surface area contributed by atoms with Gasteiger partial charge in [-0.25, -0.2) is 8.78 Å². The number of nitriles is 1. The molecular weight excluding hydrogens is 376 g/mol. The normalized spacial score (nSPS) is 22.8. The van der Waals surface area contributed by atoms with E-state index in [1.807, 2.05) is 0 Å². The quantitative estimate of drug-likeness (QED) is 0.446. The van der Waals surface area contributed by atoms with E-state index < -0.39 is 11.6 Å². The number of benzene rings is 2. The van der Waals surface area contributed by atoms with Crippen LogP contribution in [0.15, 0.2) is 30.3 Å². The lowest BCUT2D eigenvalue weighted by atomic mass is 9.64. The molecule has 0 aromatic heterocycles. The molecule has 2 aliphatic carbocycles. The van der Waals surface area contributed by atoms with Crippen LogP contribution in [0.5, 0.6) is 0 Å². The highest BCUT2D eigenvalue weighted by molar-refractivity contribution is 5.68. The largest absolute Gasteiger partial charge is 0.206 e. The van der Waals surface area contributed by atoms with Gasteiger partial charge in [0, 0.05) is 0 Å². The summed E-state index contributed by atoms with van der Waals surface area (Å²) in [6.07, 6.45) is 11.8. The first-order chi connectivity index (χ1) is 14.6. The summed E-state index contributed by atoms with van der Waals surface area (Å²) in [6, 6.07) is 10.2. The molecule has 0 amide bonds. The van der Waals surface area contributed by atoms with Gasteiger partial charge in [0.1, 0.15) is 11.6 Å². The van der Waals surface area contributed by atoms with Gasteiger partial charge in [-0.2, -0.15) is 5.26 Å². The second kappa shape index (κ2) is 9.29. The Morgan fingerprint density at radius 2 is 1.83 bits per heavy atom. The second-order valence-corrected chi connectivity index (χ2v) is 9.24. The highest BCUT2D eigenvalue weighted by Gasteiger charge is 2.37. The molecule has 3 heteroatoms. The summed E-state index contributed by atoms with van der Waals surface area (Å²) >= 11 is 0. The van der Waals surface area contributed by atoms with Gasteiger partial charge < -0.3 is 0 Å². The number of unbranched alkanes of at least 4 members (excludes halogenated alkanes) is 3. The molecule has 1 saturated carbocycles. The van der Waals surface area contributed by atoms with Crippen molar-refractivity contribution in [1.29, 1.82) is 5.26 Å². The molecule has 0 saturated heterocycles. The van der Waals surface area contributed by atoms with E-state index >= 15 is 8.78 Å². The maximum absolute atomic E-state index is 15.5. The summed E-state index contributed by atoms with van der Waals surface area (Å²) in [6.45, 7) is 2.25. The van der Waals surface area contributed by atoms with E-state index in [1.54, 1.807) is 30.3 Å². The maximum Gasteiger partial charge on any atom is 0.137 e. The SMILES string of the molecule is CCCCCC[C@@H]1CC[C@@H]2c3cc(F)c(-c4ccc(C#N)cc4)c(F)c3CC[C@H]2C1. The van der Waals surface area contributed by atoms with Crippen LogP contribution >= 0.6 is 0 Å². The molecule has 0 unspecified atom stereocenters. The third-order valence-electron chi connectivity index (χ3n) is 7.38. The Morgan fingerprint density at radius 1 is 1.03 bits per heavy atom. The molecular formula is C27H31F2N. The highest BCUT2D eigenvalue weighted by atomic mass is 19.1. The first-order valence-corrected chi connectivity index (χ1v) is 11.6. The van der Waals surface area contributed by atoms with Gasteiger partial charge in [0.2, 0.25) is 0 Å². The van der Waals surface area contributed by atoms with Gasteiger partial charge in [0.25, 0.3) is 0 Å².